The van der Waals surface area contributed by atoms with E-state index in [1.807, 2.05) is 0 Å². The summed E-state index contributed by atoms with van der Waals surface area (Å²) in [6.45, 7) is 0. The number of Topliss-reactive ketones (excluding diaryl/α,β-unsaturated/α-hetero) is 1. The summed E-state index contributed by atoms with van der Waals surface area (Å²) >= 11 is 0. The molecule has 0 aliphatic rings. The quantitative estimate of drug-likeness (QED) is 0.540. The molecule has 1 aromatic rings. The zero-order valence-corrected chi connectivity index (χ0v) is 13.0. The summed E-state index contributed by atoms with van der Waals surface area (Å²) in [7, 11) is 4.05. The zero-order valence-electron chi connectivity index (χ0n) is 13.0. The maximum absolute atomic E-state index is 12.5. The summed E-state index contributed by atoms with van der Waals surface area (Å²) < 4.78 is 14.3. The van der Waals surface area contributed by atoms with Crippen molar-refractivity contribution in [2.24, 2.45) is 5.92 Å². The summed E-state index contributed by atoms with van der Waals surface area (Å²) in [5.41, 5.74) is 0.429. The Labute approximate surface area is 129 Å². The van der Waals surface area contributed by atoms with Crippen LogP contribution in [0.4, 0.5) is 0 Å². The molecule has 0 bridgehead atoms. The minimum atomic E-state index is -0.640. The number of carbonyl (C=O) groups excluding carboxylic acids is 3. The molecule has 22 heavy (non-hydrogen) atoms. The van der Waals surface area contributed by atoms with Gasteiger partial charge in [-0.05, 0) is 18.6 Å². The monoisotopic (exact) mass is 308 g/mol. The highest BCUT2D eigenvalue weighted by Crippen LogP contribution is 2.22. The second-order valence-electron chi connectivity index (χ2n) is 4.69. The smallest absolute Gasteiger partial charge is 0.306 e. The molecule has 6 heteroatoms. The van der Waals surface area contributed by atoms with Crippen LogP contribution in [0.5, 0.6) is 5.75 Å². The Kier molecular flexibility index (Phi) is 7.08. The maximum atomic E-state index is 12.5. The van der Waals surface area contributed by atoms with Crippen LogP contribution in [0.3, 0.4) is 0 Å². The van der Waals surface area contributed by atoms with Crippen LogP contribution in [0.25, 0.3) is 0 Å². The van der Waals surface area contributed by atoms with Gasteiger partial charge in [-0.15, -0.1) is 0 Å². The van der Waals surface area contributed by atoms with Crippen LogP contribution >= 0.6 is 0 Å². The first-order valence-corrected chi connectivity index (χ1v) is 6.83. The van der Waals surface area contributed by atoms with Gasteiger partial charge < -0.3 is 14.2 Å². The predicted octanol–water partition coefficient (Wildman–Crippen LogP) is 2.01. The van der Waals surface area contributed by atoms with Crippen molar-refractivity contribution in [3.8, 4) is 5.75 Å². The van der Waals surface area contributed by atoms with Crippen molar-refractivity contribution in [1.82, 2.24) is 0 Å². The van der Waals surface area contributed by atoms with Crippen LogP contribution in [0.1, 0.15) is 29.6 Å². The van der Waals surface area contributed by atoms with Gasteiger partial charge in [0.15, 0.2) is 5.78 Å². The number of carbonyl (C=O) groups is 3. The molecule has 6 nitrogen and oxygen atoms in total. The third kappa shape index (κ3) is 5.20. The van der Waals surface area contributed by atoms with Crippen LogP contribution in [-0.2, 0) is 19.1 Å². The van der Waals surface area contributed by atoms with Gasteiger partial charge in [-0.25, -0.2) is 0 Å². The fraction of sp³-hybridized carbons (Fsp3) is 0.438. The molecule has 0 aromatic heterocycles. The molecule has 0 spiro atoms. The Balaban J connectivity index is 2.89. The van der Waals surface area contributed by atoms with E-state index in [2.05, 4.69) is 9.47 Å². The summed E-state index contributed by atoms with van der Waals surface area (Å²) in [6, 6.07) is 6.67. The van der Waals surface area contributed by atoms with E-state index in [0.717, 1.165) is 0 Å². The molecule has 1 atom stereocenters. The van der Waals surface area contributed by atoms with Crippen molar-refractivity contribution >= 4 is 17.7 Å². The Morgan fingerprint density at radius 2 is 1.73 bits per heavy atom. The number of hydrogen-bond acceptors (Lipinski definition) is 6. The molecule has 1 rings (SSSR count). The fourth-order valence-electron chi connectivity index (χ4n) is 2.02. The maximum Gasteiger partial charge on any atom is 0.306 e. The van der Waals surface area contributed by atoms with Gasteiger partial charge in [0.2, 0.25) is 0 Å². The van der Waals surface area contributed by atoms with Gasteiger partial charge in [0, 0.05) is 17.9 Å². The highest BCUT2D eigenvalue weighted by molar-refractivity contribution is 5.99. The van der Waals surface area contributed by atoms with Crippen molar-refractivity contribution in [3.05, 3.63) is 29.8 Å². The third-order valence-electron chi connectivity index (χ3n) is 3.29. The molecule has 0 aliphatic heterocycles. The van der Waals surface area contributed by atoms with Gasteiger partial charge >= 0.3 is 11.9 Å². The van der Waals surface area contributed by atoms with E-state index in [1.165, 1.54) is 21.3 Å². The molecule has 0 amide bonds. The Morgan fingerprint density at radius 3 is 2.32 bits per heavy atom. The molecular formula is C16H20O6. The van der Waals surface area contributed by atoms with E-state index in [1.54, 1.807) is 24.3 Å². The number of methoxy groups -OCH3 is 3. The molecule has 0 saturated carbocycles. The summed E-state index contributed by atoms with van der Waals surface area (Å²) in [6.07, 6.45) is 0.204. The summed E-state index contributed by atoms with van der Waals surface area (Å²) in [4.78, 5) is 35.3. The second-order valence-corrected chi connectivity index (χ2v) is 4.69. The minimum absolute atomic E-state index is 0.0634. The average Bonchev–Trinajstić information content (AvgIpc) is 2.57. The summed E-state index contributed by atoms with van der Waals surface area (Å²) in [5.74, 6) is -1.23. The third-order valence-corrected chi connectivity index (χ3v) is 3.29. The topological polar surface area (TPSA) is 78.9 Å². The van der Waals surface area contributed by atoms with Gasteiger partial charge in [0.1, 0.15) is 5.75 Å². The van der Waals surface area contributed by atoms with Crippen LogP contribution < -0.4 is 4.74 Å². The normalized spacial score (nSPS) is 11.4. The second kappa shape index (κ2) is 8.81. The lowest BCUT2D eigenvalue weighted by Gasteiger charge is -2.14. The van der Waals surface area contributed by atoms with E-state index in [9.17, 15) is 14.4 Å². The van der Waals surface area contributed by atoms with Crippen LogP contribution in [0, 0.1) is 5.92 Å². The van der Waals surface area contributed by atoms with Gasteiger partial charge in [-0.1, -0.05) is 12.1 Å². The van der Waals surface area contributed by atoms with E-state index >= 15 is 0 Å². The lowest BCUT2D eigenvalue weighted by molar-refractivity contribution is -0.143. The average molecular weight is 308 g/mol. The zero-order chi connectivity index (χ0) is 16.5. The molecule has 120 valence electrons. The van der Waals surface area contributed by atoms with Crippen molar-refractivity contribution in [1.29, 1.82) is 0 Å². The van der Waals surface area contributed by atoms with Crippen molar-refractivity contribution < 1.29 is 28.6 Å². The lowest BCUT2D eigenvalue weighted by atomic mass is 9.90. The van der Waals surface area contributed by atoms with Crippen LogP contribution in [0.15, 0.2) is 24.3 Å². The first-order valence-electron chi connectivity index (χ1n) is 6.83. The Hall–Kier alpha value is -2.37. The molecule has 0 fully saturated rings. The van der Waals surface area contributed by atoms with E-state index in [-0.39, 0.29) is 25.0 Å². The highest BCUT2D eigenvalue weighted by Gasteiger charge is 2.25. The number of ether oxygens (including phenoxy) is 3. The summed E-state index contributed by atoms with van der Waals surface area (Å²) in [5, 5.41) is 0. The van der Waals surface area contributed by atoms with Gasteiger partial charge in [0.25, 0.3) is 0 Å². The molecule has 0 heterocycles. The standard InChI is InChI=1S/C16H20O6/c1-20-13-6-4-5-11(9-13)16(19)12(10-15(18)22-3)7-8-14(17)21-2/h4-6,9,12H,7-8,10H2,1-3H3/t12-/m1/s1. The van der Waals surface area contributed by atoms with Gasteiger partial charge in [-0.3, -0.25) is 14.4 Å². The minimum Gasteiger partial charge on any atom is -0.497 e. The molecule has 1 aromatic carbocycles. The SMILES string of the molecule is COC(=O)CC[C@H](CC(=O)OC)C(=O)c1cccc(OC)c1. The Morgan fingerprint density at radius 1 is 1.05 bits per heavy atom. The first kappa shape index (κ1) is 17.7. The van der Waals surface area contributed by atoms with Crippen LogP contribution in [-0.4, -0.2) is 39.1 Å². The first-order chi connectivity index (χ1) is 10.5. The predicted molar refractivity (Wildman–Crippen MR) is 78.7 cm³/mol. The van der Waals surface area contributed by atoms with E-state index in [0.29, 0.717) is 11.3 Å². The van der Waals surface area contributed by atoms with E-state index < -0.39 is 17.9 Å². The van der Waals surface area contributed by atoms with E-state index in [4.69, 9.17) is 4.74 Å². The lowest BCUT2D eigenvalue weighted by Crippen LogP contribution is -2.21. The molecule has 0 aliphatic carbocycles. The number of ketones is 1. The van der Waals surface area contributed by atoms with Crippen molar-refractivity contribution in [2.45, 2.75) is 19.3 Å². The van der Waals surface area contributed by atoms with Crippen molar-refractivity contribution in [3.63, 3.8) is 0 Å². The van der Waals surface area contributed by atoms with Gasteiger partial charge in [0.05, 0.1) is 27.8 Å². The largest absolute Gasteiger partial charge is 0.497 e. The molecule has 0 unspecified atom stereocenters. The highest BCUT2D eigenvalue weighted by atomic mass is 16.5. The molecular weight excluding hydrogens is 288 g/mol. The van der Waals surface area contributed by atoms with Crippen LogP contribution in [0.2, 0.25) is 0 Å². The number of rotatable bonds is 8. The molecule has 0 saturated heterocycles. The molecule has 0 radical (unpaired) electrons. The Bertz CT molecular complexity index is 537. The number of benzene rings is 1. The number of esters is 2. The fourth-order valence-corrected chi connectivity index (χ4v) is 2.02. The number of hydrogen-bond donors (Lipinski definition) is 0. The van der Waals surface area contributed by atoms with Gasteiger partial charge in [-0.2, -0.15) is 0 Å². The molecule has 0 N–H and O–H groups in total. The van der Waals surface area contributed by atoms with Crippen molar-refractivity contribution in [2.75, 3.05) is 21.3 Å².